The summed E-state index contributed by atoms with van der Waals surface area (Å²) >= 11 is 0. The zero-order valence-corrected chi connectivity index (χ0v) is 25.3. The number of aliphatic hydroxyl groups is 12. The maximum atomic E-state index is 12.1. The van der Waals surface area contributed by atoms with Gasteiger partial charge in [0.25, 0.3) is 0 Å². The third kappa shape index (κ3) is 8.04. The van der Waals surface area contributed by atoms with Crippen molar-refractivity contribution in [3.05, 3.63) is 0 Å². The Kier molecular flexibility index (Phi) is 13.2. The van der Waals surface area contributed by atoms with Crippen molar-refractivity contribution in [2.24, 2.45) is 0 Å². The second kappa shape index (κ2) is 16.2. The smallest absolute Gasteiger partial charge is 0.217 e. The topological polar surface area (TPSA) is 336 Å². The Balaban J connectivity index is 1.51. The van der Waals surface area contributed by atoms with Crippen LogP contribution in [0.5, 0.6) is 0 Å². The van der Waals surface area contributed by atoms with Crippen molar-refractivity contribution < 1.29 is 99.2 Å². The van der Waals surface area contributed by atoms with E-state index in [0.717, 1.165) is 6.92 Å². The first-order valence-corrected chi connectivity index (χ1v) is 15.0. The second-order valence-corrected chi connectivity index (χ2v) is 11.9. The maximum Gasteiger partial charge on any atom is 0.217 e. The highest BCUT2D eigenvalue weighted by Crippen LogP contribution is 2.34. The molecule has 13 N–H and O–H groups in total. The standard InChI is InChI=1S/C26H45NO20/c1-6-12(32)14(34)18(38)25(41-6)46-20-9(4-29)43-24(11(13(20)33)27-7(2)31)45-22-10(5-30)44-26(19(39)16(22)36)47-21-8(3-28)42-23(40)17(37)15(21)35/h6,8-26,28-30,32-40H,3-5H2,1-2H3,(H,27,31)/t6-,8+,9+,10+,11+,12+,13+,14+,15+,16+,17+,18-,19+,20-,21+,22-,23+,24-,25-,26-/m0/s1. The van der Waals surface area contributed by atoms with Crippen molar-refractivity contribution in [3.63, 3.8) is 0 Å². The zero-order chi connectivity index (χ0) is 34.9. The molecule has 0 aromatic heterocycles. The lowest BCUT2D eigenvalue weighted by molar-refractivity contribution is -0.378. The highest BCUT2D eigenvalue weighted by molar-refractivity contribution is 5.73. The highest BCUT2D eigenvalue weighted by Gasteiger charge is 2.55. The number of ether oxygens (including phenoxy) is 7. The molecule has 4 rings (SSSR count). The largest absolute Gasteiger partial charge is 0.394 e. The normalized spacial score (nSPS) is 51.0. The van der Waals surface area contributed by atoms with E-state index >= 15 is 0 Å². The lowest BCUT2D eigenvalue weighted by Crippen LogP contribution is -2.69. The van der Waals surface area contributed by atoms with Gasteiger partial charge in [-0.05, 0) is 6.92 Å². The summed E-state index contributed by atoms with van der Waals surface area (Å²) in [7, 11) is 0. The summed E-state index contributed by atoms with van der Waals surface area (Å²) < 4.78 is 38.8. The predicted molar refractivity (Wildman–Crippen MR) is 144 cm³/mol. The van der Waals surface area contributed by atoms with Gasteiger partial charge in [0.15, 0.2) is 25.2 Å². The molecule has 0 radical (unpaired) electrons. The van der Waals surface area contributed by atoms with Gasteiger partial charge >= 0.3 is 0 Å². The Labute approximate surface area is 267 Å². The van der Waals surface area contributed by atoms with E-state index in [9.17, 15) is 66.1 Å². The summed E-state index contributed by atoms with van der Waals surface area (Å²) in [5.41, 5.74) is 0. The van der Waals surface area contributed by atoms with Gasteiger partial charge in [0.05, 0.1) is 25.9 Å². The molecule has 0 spiro atoms. The average molecular weight is 692 g/mol. The van der Waals surface area contributed by atoms with Crippen LogP contribution in [0, 0.1) is 0 Å². The molecule has 1 amide bonds. The summed E-state index contributed by atoms with van der Waals surface area (Å²) in [6, 6.07) is -1.53. The van der Waals surface area contributed by atoms with E-state index in [1.165, 1.54) is 6.92 Å². The first-order valence-electron chi connectivity index (χ1n) is 15.0. The molecule has 21 nitrogen and oxygen atoms in total. The minimum Gasteiger partial charge on any atom is -0.394 e. The molecule has 0 aromatic rings. The van der Waals surface area contributed by atoms with Crippen molar-refractivity contribution in [2.75, 3.05) is 19.8 Å². The van der Waals surface area contributed by atoms with E-state index in [0.29, 0.717) is 0 Å². The number of hydrogen-bond donors (Lipinski definition) is 13. The first kappa shape index (κ1) is 38.5. The van der Waals surface area contributed by atoms with Gasteiger partial charge in [-0.1, -0.05) is 0 Å². The van der Waals surface area contributed by atoms with Crippen LogP contribution in [0.2, 0.25) is 0 Å². The van der Waals surface area contributed by atoms with Gasteiger partial charge in [0.2, 0.25) is 5.91 Å². The fourth-order valence-corrected chi connectivity index (χ4v) is 5.90. The minimum atomic E-state index is -2.00. The van der Waals surface area contributed by atoms with Crippen molar-refractivity contribution in [2.45, 2.75) is 137 Å². The molecule has 47 heavy (non-hydrogen) atoms. The molecular formula is C26H45NO20. The monoisotopic (exact) mass is 691 g/mol. The van der Waals surface area contributed by atoms with Crippen LogP contribution in [-0.2, 0) is 38.0 Å². The highest BCUT2D eigenvalue weighted by atomic mass is 16.8. The SMILES string of the molecule is CC(=O)N[C@H]1[C@H](O[C@@H]2[C@H](O)[C@@H](O)[C@H](O[C@H]3[C@H](O)[C@@H](O)[C@H](O)O[C@@H]3CO)O[C@@H]2CO)O[C@H](CO)[C@H](O[C@@H]2O[C@@H](C)[C@@H](O)[C@@H](O)[C@@H]2O)[C@@H]1O. The quantitative estimate of drug-likeness (QED) is 0.101. The van der Waals surface area contributed by atoms with Crippen LogP contribution in [0.1, 0.15) is 13.8 Å². The lowest BCUT2D eigenvalue weighted by atomic mass is 9.94. The van der Waals surface area contributed by atoms with E-state index < -0.39 is 148 Å². The van der Waals surface area contributed by atoms with Gasteiger partial charge in [0.1, 0.15) is 91.5 Å². The number of aliphatic hydroxyl groups excluding tert-OH is 12. The second-order valence-electron chi connectivity index (χ2n) is 11.9. The molecule has 0 saturated carbocycles. The van der Waals surface area contributed by atoms with E-state index in [4.69, 9.17) is 33.2 Å². The Morgan fingerprint density at radius 1 is 0.553 bits per heavy atom. The van der Waals surface area contributed by atoms with E-state index in [2.05, 4.69) is 5.32 Å². The number of carbonyl (C=O) groups excluding carboxylic acids is 1. The van der Waals surface area contributed by atoms with Gasteiger partial charge in [-0.3, -0.25) is 4.79 Å². The van der Waals surface area contributed by atoms with Crippen LogP contribution in [0.25, 0.3) is 0 Å². The fourth-order valence-electron chi connectivity index (χ4n) is 5.90. The number of nitrogens with one attached hydrogen (secondary N) is 1. The van der Waals surface area contributed by atoms with Crippen LogP contribution in [0.15, 0.2) is 0 Å². The molecule has 4 saturated heterocycles. The molecule has 274 valence electrons. The third-order valence-corrected chi connectivity index (χ3v) is 8.57. The maximum absolute atomic E-state index is 12.1. The van der Waals surface area contributed by atoms with E-state index in [1.54, 1.807) is 0 Å². The van der Waals surface area contributed by atoms with Crippen molar-refractivity contribution in [3.8, 4) is 0 Å². The van der Waals surface area contributed by atoms with Crippen molar-refractivity contribution >= 4 is 5.91 Å². The van der Waals surface area contributed by atoms with Gasteiger partial charge in [0, 0.05) is 6.92 Å². The molecule has 0 aromatic carbocycles. The van der Waals surface area contributed by atoms with Gasteiger partial charge < -0.3 is 99.8 Å². The Hall–Kier alpha value is -1.29. The van der Waals surface area contributed by atoms with Crippen molar-refractivity contribution in [1.82, 2.24) is 5.32 Å². The number of rotatable bonds is 10. The van der Waals surface area contributed by atoms with E-state index in [1.807, 2.05) is 0 Å². The molecule has 4 aliphatic heterocycles. The van der Waals surface area contributed by atoms with Crippen LogP contribution in [-0.4, -0.2) is 210 Å². The molecule has 4 fully saturated rings. The Bertz CT molecular complexity index is 1010. The Morgan fingerprint density at radius 3 is 1.51 bits per heavy atom. The summed E-state index contributed by atoms with van der Waals surface area (Å²) in [5.74, 6) is -0.708. The van der Waals surface area contributed by atoms with Gasteiger partial charge in [-0.2, -0.15) is 0 Å². The van der Waals surface area contributed by atoms with Crippen LogP contribution in [0.3, 0.4) is 0 Å². The van der Waals surface area contributed by atoms with E-state index in [-0.39, 0.29) is 0 Å². The predicted octanol–water partition coefficient (Wildman–Crippen LogP) is -8.58. The number of carbonyl (C=O) groups is 1. The van der Waals surface area contributed by atoms with Crippen LogP contribution in [0.4, 0.5) is 0 Å². The fraction of sp³-hybridized carbons (Fsp3) is 0.962. The molecule has 21 heteroatoms. The number of amides is 1. The summed E-state index contributed by atoms with van der Waals surface area (Å²) in [6.07, 6.45) is -31.7. The molecule has 0 unspecified atom stereocenters. The molecule has 4 heterocycles. The third-order valence-electron chi connectivity index (χ3n) is 8.57. The molecule has 0 bridgehead atoms. The van der Waals surface area contributed by atoms with Crippen LogP contribution >= 0.6 is 0 Å². The minimum absolute atomic E-state index is 0.708. The molecular weight excluding hydrogens is 646 g/mol. The summed E-state index contributed by atoms with van der Waals surface area (Å²) in [6.45, 7) is -0.0589. The van der Waals surface area contributed by atoms with Gasteiger partial charge in [-0.15, -0.1) is 0 Å². The Morgan fingerprint density at radius 2 is 0.979 bits per heavy atom. The van der Waals surface area contributed by atoms with Crippen LogP contribution < -0.4 is 5.32 Å². The summed E-state index contributed by atoms with van der Waals surface area (Å²) in [5, 5.41) is 126. The van der Waals surface area contributed by atoms with Gasteiger partial charge in [-0.25, -0.2) is 0 Å². The zero-order valence-electron chi connectivity index (χ0n) is 25.3. The molecule has 4 aliphatic rings. The number of hydrogen-bond acceptors (Lipinski definition) is 20. The first-order chi connectivity index (χ1) is 22.1. The molecule has 0 aliphatic carbocycles. The molecule has 20 atom stereocenters. The average Bonchev–Trinajstić information content (AvgIpc) is 3.04. The lowest BCUT2D eigenvalue weighted by Gasteiger charge is -2.49. The van der Waals surface area contributed by atoms with Crippen molar-refractivity contribution in [1.29, 1.82) is 0 Å². The summed E-state index contributed by atoms with van der Waals surface area (Å²) in [4.78, 5) is 12.1.